The third-order valence-corrected chi connectivity index (χ3v) is 1.08. The molecule has 52 valence electrons. The van der Waals surface area contributed by atoms with Gasteiger partial charge >= 0.3 is 0 Å². The molecule has 0 spiro atoms. The molecule has 0 rings (SSSR count). The summed E-state index contributed by atoms with van der Waals surface area (Å²) in [4.78, 5) is 0. The predicted octanol–water partition coefficient (Wildman–Crippen LogP) is 2.27. The molecule has 0 aromatic rings. The van der Waals surface area contributed by atoms with E-state index >= 15 is 0 Å². The monoisotopic (exact) mass is 127 g/mol. The number of hydrogen-bond donors (Lipinski definition) is 2. The van der Waals surface area contributed by atoms with Crippen LogP contribution in [-0.4, -0.2) is 10.8 Å². The van der Waals surface area contributed by atoms with E-state index < -0.39 is 0 Å². The van der Waals surface area contributed by atoms with Gasteiger partial charge in [0.25, 0.3) is 0 Å². The first-order valence-corrected chi connectivity index (χ1v) is 3.17. The summed E-state index contributed by atoms with van der Waals surface area (Å²) in [5, 5.41) is 16.0. The summed E-state index contributed by atoms with van der Waals surface area (Å²) >= 11 is 0. The minimum atomic E-state index is 0.293. The number of hydrogen-bond acceptors (Lipinski definition) is 2. The van der Waals surface area contributed by atoms with Gasteiger partial charge in [-0.3, -0.25) is 0 Å². The summed E-state index contributed by atoms with van der Waals surface area (Å²) in [6.45, 7) is 3.75. The molecule has 0 aromatic heterocycles. The highest BCUT2D eigenvalue weighted by atomic mass is 16.3. The highest BCUT2D eigenvalue weighted by Gasteiger charge is 1.89. The van der Waals surface area contributed by atoms with Gasteiger partial charge in [0.05, 0.1) is 5.76 Å². The van der Waals surface area contributed by atoms with Crippen LogP contribution in [0.3, 0.4) is 0 Å². The number of nitrogens with one attached hydrogen (secondary N) is 1. The van der Waals surface area contributed by atoms with Crippen molar-refractivity contribution in [1.29, 1.82) is 5.41 Å². The zero-order valence-corrected chi connectivity index (χ0v) is 5.94. The number of allylic oxidation sites excluding steroid dienone is 2. The van der Waals surface area contributed by atoms with Crippen LogP contribution in [0.25, 0.3) is 0 Å². The first-order valence-electron chi connectivity index (χ1n) is 3.17. The maximum absolute atomic E-state index is 8.88. The highest BCUT2D eigenvalue weighted by molar-refractivity contribution is 5.92. The van der Waals surface area contributed by atoms with E-state index in [2.05, 4.69) is 0 Å². The fourth-order valence-corrected chi connectivity index (χ4v) is 0.405. The lowest BCUT2D eigenvalue weighted by Crippen LogP contribution is -1.89. The molecule has 0 saturated carbocycles. The van der Waals surface area contributed by atoms with E-state index in [1.165, 1.54) is 6.08 Å². The fourth-order valence-electron chi connectivity index (χ4n) is 0.405. The Balaban J connectivity index is 3.79. The van der Waals surface area contributed by atoms with Crippen molar-refractivity contribution in [2.24, 2.45) is 0 Å². The van der Waals surface area contributed by atoms with E-state index in [0.29, 0.717) is 24.3 Å². The van der Waals surface area contributed by atoms with Gasteiger partial charge < -0.3 is 10.5 Å². The van der Waals surface area contributed by atoms with Gasteiger partial charge in [-0.25, -0.2) is 0 Å². The first kappa shape index (κ1) is 8.21. The molecule has 0 bridgehead atoms. The SMILES string of the molecule is CCC(=N)/C=C(\O)CC. The first-order chi connectivity index (χ1) is 4.20. The highest BCUT2D eigenvalue weighted by Crippen LogP contribution is 1.95. The zero-order valence-electron chi connectivity index (χ0n) is 5.94. The van der Waals surface area contributed by atoms with Crippen LogP contribution in [-0.2, 0) is 0 Å². The van der Waals surface area contributed by atoms with Crippen molar-refractivity contribution in [2.75, 3.05) is 0 Å². The maximum Gasteiger partial charge on any atom is 0.0937 e. The minimum Gasteiger partial charge on any atom is -0.512 e. The van der Waals surface area contributed by atoms with Gasteiger partial charge in [0.2, 0.25) is 0 Å². The molecule has 0 amide bonds. The maximum atomic E-state index is 8.88. The van der Waals surface area contributed by atoms with Gasteiger partial charge in [-0.2, -0.15) is 0 Å². The van der Waals surface area contributed by atoms with Crippen LogP contribution >= 0.6 is 0 Å². The smallest absolute Gasteiger partial charge is 0.0937 e. The Hall–Kier alpha value is -0.790. The number of aliphatic hydroxyl groups excluding tert-OH is 1. The van der Waals surface area contributed by atoms with Crippen molar-refractivity contribution in [1.82, 2.24) is 0 Å². The van der Waals surface area contributed by atoms with Crippen LogP contribution < -0.4 is 0 Å². The molecule has 9 heavy (non-hydrogen) atoms. The van der Waals surface area contributed by atoms with Crippen LogP contribution in [0.4, 0.5) is 0 Å². The normalized spacial score (nSPS) is 11.6. The number of rotatable bonds is 3. The van der Waals surface area contributed by atoms with Crippen LogP contribution in [0.5, 0.6) is 0 Å². The second-order valence-corrected chi connectivity index (χ2v) is 1.87. The quantitative estimate of drug-likeness (QED) is 0.443. The summed E-state index contributed by atoms with van der Waals surface area (Å²) in [6, 6.07) is 0. The van der Waals surface area contributed by atoms with E-state index in [1.807, 2.05) is 13.8 Å². The van der Waals surface area contributed by atoms with Crippen LogP contribution in [0.2, 0.25) is 0 Å². The average Bonchev–Trinajstić information content (AvgIpc) is 1.87. The molecular formula is C7H13NO. The Kier molecular flexibility index (Phi) is 3.76. The lowest BCUT2D eigenvalue weighted by atomic mass is 10.2. The summed E-state index contributed by atoms with van der Waals surface area (Å²) in [5.41, 5.74) is 0.481. The molecule has 0 saturated heterocycles. The van der Waals surface area contributed by atoms with Crippen molar-refractivity contribution < 1.29 is 5.11 Å². The molecule has 0 atom stereocenters. The summed E-state index contributed by atoms with van der Waals surface area (Å²) in [6.07, 6.45) is 2.80. The van der Waals surface area contributed by atoms with Crippen LogP contribution in [0.1, 0.15) is 26.7 Å². The van der Waals surface area contributed by atoms with Gasteiger partial charge in [-0.15, -0.1) is 0 Å². The van der Waals surface area contributed by atoms with Gasteiger partial charge in [-0.05, 0) is 12.5 Å². The second kappa shape index (κ2) is 4.13. The van der Waals surface area contributed by atoms with Crippen LogP contribution in [0.15, 0.2) is 11.8 Å². The van der Waals surface area contributed by atoms with E-state index in [9.17, 15) is 0 Å². The molecule has 0 heterocycles. The third-order valence-electron chi connectivity index (χ3n) is 1.08. The molecule has 2 heteroatoms. The van der Waals surface area contributed by atoms with E-state index in [-0.39, 0.29) is 0 Å². The van der Waals surface area contributed by atoms with Crippen LogP contribution in [0, 0.1) is 5.41 Å². The molecule has 0 aliphatic heterocycles. The largest absolute Gasteiger partial charge is 0.512 e. The van der Waals surface area contributed by atoms with E-state index in [0.717, 1.165) is 0 Å². The standard InChI is InChI=1S/C7H13NO/c1-3-6(8)5-7(9)4-2/h5,8-9H,3-4H2,1-2H3/b7-5-,8-6?. The lowest BCUT2D eigenvalue weighted by Gasteiger charge is -1.92. The Bertz CT molecular complexity index is 127. The van der Waals surface area contributed by atoms with Gasteiger partial charge in [0.15, 0.2) is 0 Å². The van der Waals surface area contributed by atoms with Crippen molar-refractivity contribution in [3.8, 4) is 0 Å². The topological polar surface area (TPSA) is 44.1 Å². The van der Waals surface area contributed by atoms with Gasteiger partial charge in [0.1, 0.15) is 0 Å². The van der Waals surface area contributed by atoms with Crippen molar-refractivity contribution >= 4 is 5.71 Å². The molecule has 0 aromatic carbocycles. The van der Waals surface area contributed by atoms with Crippen molar-refractivity contribution in [3.05, 3.63) is 11.8 Å². The molecule has 2 nitrogen and oxygen atoms in total. The Labute approximate surface area is 55.7 Å². The van der Waals surface area contributed by atoms with Gasteiger partial charge in [-0.1, -0.05) is 13.8 Å². The minimum absolute atomic E-state index is 0.293. The second-order valence-electron chi connectivity index (χ2n) is 1.87. The van der Waals surface area contributed by atoms with Gasteiger partial charge in [0, 0.05) is 12.1 Å². The fraction of sp³-hybridized carbons (Fsp3) is 0.571. The summed E-state index contributed by atoms with van der Waals surface area (Å²) < 4.78 is 0. The molecule has 0 radical (unpaired) electrons. The Morgan fingerprint density at radius 1 is 1.44 bits per heavy atom. The lowest BCUT2D eigenvalue weighted by molar-refractivity contribution is 0.395. The molecule has 0 aliphatic rings. The molecule has 0 fully saturated rings. The van der Waals surface area contributed by atoms with E-state index in [4.69, 9.17) is 10.5 Å². The van der Waals surface area contributed by atoms with Crippen molar-refractivity contribution in [3.63, 3.8) is 0 Å². The Morgan fingerprint density at radius 3 is 2.33 bits per heavy atom. The number of aliphatic hydroxyl groups is 1. The molecular weight excluding hydrogens is 114 g/mol. The summed E-state index contributed by atoms with van der Waals surface area (Å²) in [7, 11) is 0. The third kappa shape index (κ3) is 3.76. The predicted molar refractivity (Wildman–Crippen MR) is 39.0 cm³/mol. The summed E-state index contributed by atoms with van der Waals surface area (Å²) in [5.74, 6) is 0.293. The molecule has 2 N–H and O–H groups in total. The molecule has 0 unspecified atom stereocenters. The zero-order chi connectivity index (χ0) is 7.28. The Morgan fingerprint density at radius 2 is 2.00 bits per heavy atom. The van der Waals surface area contributed by atoms with Crippen molar-refractivity contribution in [2.45, 2.75) is 26.7 Å². The molecule has 0 aliphatic carbocycles. The average molecular weight is 127 g/mol. The van der Waals surface area contributed by atoms with E-state index in [1.54, 1.807) is 0 Å².